The molecule has 0 bridgehead atoms. The highest BCUT2D eigenvalue weighted by atomic mass is 32.2. The highest BCUT2D eigenvalue weighted by Crippen LogP contribution is 2.33. The Hall–Kier alpha value is -2.58. The highest BCUT2D eigenvalue weighted by Gasteiger charge is 2.31. The summed E-state index contributed by atoms with van der Waals surface area (Å²) in [6, 6.07) is 7.95. The highest BCUT2D eigenvalue weighted by molar-refractivity contribution is 7.89. The van der Waals surface area contributed by atoms with E-state index in [9.17, 15) is 8.42 Å². The van der Waals surface area contributed by atoms with E-state index in [2.05, 4.69) is 16.8 Å². The van der Waals surface area contributed by atoms with E-state index in [-0.39, 0.29) is 10.9 Å². The van der Waals surface area contributed by atoms with Crippen LogP contribution in [0.3, 0.4) is 0 Å². The summed E-state index contributed by atoms with van der Waals surface area (Å²) in [5.41, 5.74) is 7.79. The second-order valence-electron chi connectivity index (χ2n) is 7.68. The van der Waals surface area contributed by atoms with E-state index in [0.29, 0.717) is 43.4 Å². The number of fused-ring (bicyclic) bond motifs is 1. The van der Waals surface area contributed by atoms with Crippen molar-refractivity contribution in [2.24, 2.45) is 0 Å². The van der Waals surface area contributed by atoms with Crippen molar-refractivity contribution in [2.75, 3.05) is 31.9 Å². The van der Waals surface area contributed by atoms with Gasteiger partial charge in [0.1, 0.15) is 16.5 Å². The van der Waals surface area contributed by atoms with Crippen molar-refractivity contribution in [2.45, 2.75) is 31.7 Å². The van der Waals surface area contributed by atoms with Crippen LogP contribution in [0.15, 0.2) is 29.2 Å². The molecule has 162 valence electrons. The Bertz CT molecular complexity index is 1270. The van der Waals surface area contributed by atoms with Gasteiger partial charge in [-0.05, 0) is 50.6 Å². The first-order chi connectivity index (χ1) is 14.7. The summed E-state index contributed by atoms with van der Waals surface area (Å²) in [6.45, 7) is 8.01. The number of hydrogen-bond donors (Lipinski definition) is 1. The molecule has 1 fully saturated rings. The zero-order valence-electron chi connectivity index (χ0n) is 17.7. The molecule has 1 aromatic carbocycles. The van der Waals surface area contributed by atoms with E-state index in [0.717, 1.165) is 15.8 Å². The number of piperazine rings is 1. The standard InChI is InChI=1S/C21H24N6O2S2/c1-13-15(3)30-21-18(13)19(23)24-20(25-21)14(2)26-8-10-27(11-9-26)31(28,29)17-6-4-16(12-22)5-7-17/h4-7,14H,8-11H2,1-3H3,(H2,23,24,25). The number of rotatable bonds is 4. The maximum atomic E-state index is 12.9. The van der Waals surface area contributed by atoms with Gasteiger partial charge in [-0.25, -0.2) is 18.4 Å². The van der Waals surface area contributed by atoms with Crippen LogP contribution < -0.4 is 5.73 Å². The molecule has 3 aromatic rings. The first-order valence-corrected chi connectivity index (χ1v) is 12.3. The summed E-state index contributed by atoms with van der Waals surface area (Å²) < 4.78 is 27.4. The van der Waals surface area contributed by atoms with Crippen LogP contribution in [0, 0.1) is 25.2 Å². The van der Waals surface area contributed by atoms with E-state index in [1.165, 1.54) is 33.4 Å². The second kappa shape index (κ2) is 8.16. The minimum absolute atomic E-state index is 0.0748. The Labute approximate surface area is 186 Å². The first kappa shape index (κ1) is 21.6. The molecule has 0 spiro atoms. The Morgan fingerprint density at radius 1 is 1.13 bits per heavy atom. The number of anilines is 1. The summed E-state index contributed by atoms with van der Waals surface area (Å²) in [4.78, 5) is 13.8. The lowest BCUT2D eigenvalue weighted by atomic mass is 10.2. The second-order valence-corrected chi connectivity index (χ2v) is 10.8. The number of sulfonamides is 1. The molecule has 3 heterocycles. The number of nitriles is 1. The Morgan fingerprint density at radius 2 is 1.77 bits per heavy atom. The van der Waals surface area contributed by atoms with Crippen molar-refractivity contribution >= 4 is 37.4 Å². The number of aryl methyl sites for hydroxylation is 2. The zero-order valence-corrected chi connectivity index (χ0v) is 19.3. The number of nitrogen functional groups attached to an aromatic ring is 1. The van der Waals surface area contributed by atoms with Crippen LogP contribution >= 0.6 is 11.3 Å². The van der Waals surface area contributed by atoms with E-state index >= 15 is 0 Å². The van der Waals surface area contributed by atoms with Crippen LogP contribution in [0.4, 0.5) is 5.82 Å². The van der Waals surface area contributed by atoms with Crippen LogP contribution in [-0.4, -0.2) is 53.8 Å². The summed E-state index contributed by atoms with van der Waals surface area (Å²) in [5, 5.41) is 9.84. The zero-order chi connectivity index (χ0) is 22.3. The number of hydrogen-bond acceptors (Lipinski definition) is 8. The third-order valence-electron chi connectivity index (χ3n) is 5.89. The fraction of sp³-hybridized carbons (Fsp3) is 0.381. The van der Waals surface area contributed by atoms with E-state index in [4.69, 9.17) is 16.0 Å². The molecule has 0 radical (unpaired) electrons. The molecule has 2 aromatic heterocycles. The number of nitrogens with two attached hydrogens (primary N) is 1. The third-order valence-corrected chi connectivity index (χ3v) is 8.90. The van der Waals surface area contributed by atoms with Crippen molar-refractivity contribution in [1.29, 1.82) is 5.26 Å². The lowest BCUT2D eigenvalue weighted by Gasteiger charge is -2.36. The van der Waals surface area contributed by atoms with Crippen LogP contribution in [0.1, 0.15) is 34.8 Å². The van der Waals surface area contributed by atoms with Crippen molar-refractivity contribution < 1.29 is 8.42 Å². The Kier molecular flexibility index (Phi) is 5.70. The van der Waals surface area contributed by atoms with E-state index in [1.807, 2.05) is 19.9 Å². The lowest BCUT2D eigenvalue weighted by Crippen LogP contribution is -2.49. The van der Waals surface area contributed by atoms with Crippen molar-refractivity contribution in [3.8, 4) is 6.07 Å². The lowest BCUT2D eigenvalue weighted by molar-refractivity contribution is 0.141. The minimum atomic E-state index is -3.59. The molecule has 31 heavy (non-hydrogen) atoms. The minimum Gasteiger partial charge on any atom is -0.383 e. The van der Waals surface area contributed by atoms with Gasteiger partial charge in [0.15, 0.2) is 0 Å². The van der Waals surface area contributed by atoms with Gasteiger partial charge in [-0.1, -0.05) is 0 Å². The molecular weight excluding hydrogens is 432 g/mol. The van der Waals surface area contributed by atoms with Crippen LogP contribution in [0.25, 0.3) is 10.2 Å². The van der Waals surface area contributed by atoms with Gasteiger partial charge >= 0.3 is 0 Å². The van der Waals surface area contributed by atoms with Gasteiger partial charge in [-0.15, -0.1) is 11.3 Å². The predicted octanol–water partition coefficient (Wildman–Crippen LogP) is 2.83. The average Bonchev–Trinajstić information content (AvgIpc) is 3.07. The fourth-order valence-corrected chi connectivity index (χ4v) is 6.30. The molecule has 2 N–H and O–H groups in total. The van der Waals surface area contributed by atoms with E-state index < -0.39 is 10.0 Å². The van der Waals surface area contributed by atoms with Gasteiger partial charge in [0.2, 0.25) is 10.0 Å². The SMILES string of the molecule is Cc1sc2nc(C(C)N3CCN(S(=O)(=O)c4ccc(C#N)cc4)CC3)nc(N)c2c1C. The number of benzene rings is 1. The normalized spacial score (nSPS) is 17.0. The van der Waals surface area contributed by atoms with Crippen LogP contribution in [-0.2, 0) is 10.0 Å². The van der Waals surface area contributed by atoms with Gasteiger partial charge in [0, 0.05) is 31.1 Å². The number of thiophene rings is 1. The predicted molar refractivity (Wildman–Crippen MR) is 121 cm³/mol. The summed E-state index contributed by atoms with van der Waals surface area (Å²) >= 11 is 1.62. The molecule has 10 heteroatoms. The molecule has 1 saturated heterocycles. The van der Waals surface area contributed by atoms with E-state index in [1.54, 1.807) is 11.3 Å². The van der Waals surface area contributed by atoms with Crippen molar-refractivity contribution in [3.63, 3.8) is 0 Å². The van der Waals surface area contributed by atoms with Gasteiger partial charge in [0.05, 0.1) is 28.0 Å². The molecule has 1 aliphatic heterocycles. The Balaban J connectivity index is 1.49. The molecule has 4 rings (SSSR count). The topological polar surface area (TPSA) is 116 Å². The number of aromatic nitrogens is 2. The smallest absolute Gasteiger partial charge is 0.243 e. The van der Waals surface area contributed by atoms with Gasteiger partial charge in [-0.2, -0.15) is 9.57 Å². The average molecular weight is 457 g/mol. The first-order valence-electron chi connectivity index (χ1n) is 10.00. The van der Waals surface area contributed by atoms with Crippen molar-refractivity contribution in [1.82, 2.24) is 19.2 Å². The van der Waals surface area contributed by atoms with Gasteiger partial charge in [0.25, 0.3) is 0 Å². The Morgan fingerprint density at radius 3 is 2.39 bits per heavy atom. The fourth-order valence-electron chi connectivity index (χ4n) is 3.83. The van der Waals surface area contributed by atoms with Crippen LogP contribution in [0.5, 0.6) is 0 Å². The molecule has 1 unspecified atom stereocenters. The monoisotopic (exact) mass is 456 g/mol. The quantitative estimate of drug-likeness (QED) is 0.641. The summed E-state index contributed by atoms with van der Waals surface area (Å²) in [7, 11) is -3.59. The number of nitrogens with zero attached hydrogens (tertiary/aromatic N) is 5. The van der Waals surface area contributed by atoms with Gasteiger partial charge in [-0.3, -0.25) is 4.90 Å². The van der Waals surface area contributed by atoms with Gasteiger partial charge < -0.3 is 5.73 Å². The van der Waals surface area contributed by atoms with Crippen molar-refractivity contribution in [3.05, 3.63) is 46.1 Å². The van der Waals surface area contributed by atoms with Crippen LogP contribution in [0.2, 0.25) is 0 Å². The molecule has 1 aliphatic rings. The molecule has 0 aliphatic carbocycles. The third kappa shape index (κ3) is 3.90. The maximum absolute atomic E-state index is 12.9. The summed E-state index contributed by atoms with van der Waals surface area (Å²) in [6.07, 6.45) is 0. The summed E-state index contributed by atoms with van der Waals surface area (Å²) in [5.74, 6) is 1.16. The molecule has 1 atom stereocenters. The molecular formula is C21H24N6O2S2. The molecule has 0 amide bonds. The maximum Gasteiger partial charge on any atom is 0.243 e. The molecule has 8 nitrogen and oxygen atoms in total. The molecule has 0 saturated carbocycles. The largest absolute Gasteiger partial charge is 0.383 e.